The maximum atomic E-state index is 5.35. The molecule has 1 aromatic heterocycles. The largest absolute Gasteiger partial charge is 0.346 e. The van der Waals surface area contributed by atoms with Gasteiger partial charge in [0.15, 0.2) is 0 Å². The zero-order chi connectivity index (χ0) is 13.8. The molecule has 1 aliphatic rings. The highest BCUT2D eigenvalue weighted by Gasteiger charge is 2.23. The van der Waals surface area contributed by atoms with Crippen LogP contribution in [-0.4, -0.2) is 9.97 Å². The second kappa shape index (κ2) is 6.98. The Balaban J connectivity index is 2.11. The number of hydrogen-bond acceptors (Lipinski definition) is 2. The van der Waals surface area contributed by atoms with E-state index in [2.05, 4.69) is 39.7 Å². The van der Waals surface area contributed by atoms with Crippen LogP contribution in [0.25, 0.3) is 0 Å². The molecular formula is C15H23BrN2S. The Labute approximate surface area is 129 Å². The van der Waals surface area contributed by atoms with Crippen molar-refractivity contribution in [2.24, 2.45) is 5.92 Å². The van der Waals surface area contributed by atoms with Crippen molar-refractivity contribution >= 4 is 28.1 Å². The van der Waals surface area contributed by atoms with Crippen molar-refractivity contribution < 1.29 is 0 Å². The van der Waals surface area contributed by atoms with Crippen LogP contribution in [0.1, 0.15) is 69.8 Å². The van der Waals surface area contributed by atoms with Gasteiger partial charge in [-0.25, -0.2) is 4.98 Å². The van der Waals surface area contributed by atoms with Crippen molar-refractivity contribution in [3.63, 3.8) is 0 Å². The summed E-state index contributed by atoms with van der Waals surface area (Å²) in [5, 5.41) is 0. The molecule has 0 amide bonds. The van der Waals surface area contributed by atoms with E-state index >= 15 is 0 Å². The standard InChI is InChI=1S/C15H23BrN2S/c1-3-5-10-6-8-11(9-7-10)14-17-12(4-2)13(16)15(19)18-14/h10-11H,3-9H2,1-2H3,(H,17,18,19). The average molecular weight is 343 g/mol. The van der Waals surface area contributed by atoms with E-state index in [0.717, 1.165) is 22.6 Å². The molecule has 106 valence electrons. The molecule has 2 rings (SSSR count). The summed E-state index contributed by atoms with van der Waals surface area (Å²) in [6.07, 6.45) is 8.87. The van der Waals surface area contributed by atoms with Crippen molar-refractivity contribution in [1.82, 2.24) is 9.97 Å². The maximum absolute atomic E-state index is 5.35. The van der Waals surface area contributed by atoms with Crippen LogP contribution < -0.4 is 0 Å². The van der Waals surface area contributed by atoms with Crippen molar-refractivity contribution in [3.05, 3.63) is 20.6 Å². The van der Waals surface area contributed by atoms with E-state index in [1.165, 1.54) is 44.2 Å². The van der Waals surface area contributed by atoms with Crippen molar-refractivity contribution in [2.45, 2.75) is 64.7 Å². The smallest absolute Gasteiger partial charge is 0.144 e. The zero-order valence-corrected chi connectivity index (χ0v) is 14.2. The topological polar surface area (TPSA) is 28.7 Å². The van der Waals surface area contributed by atoms with Crippen molar-refractivity contribution in [3.8, 4) is 0 Å². The zero-order valence-electron chi connectivity index (χ0n) is 11.8. The second-order valence-electron chi connectivity index (χ2n) is 5.58. The summed E-state index contributed by atoms with van der Waals surface area (Å²) in [5.41, 5.74) is 1.19. The van der Waals surface area contributed by atoms with Gasteiger partial charge in [0.2, 0.25) is 0 Å². The highest BCUT2D eigenvalue weighted by atomic mass is 79.9. The first kappa shape index (κ1) is 15.2. The van der Waals surface area contributed by atoms with Crippen LogP contribution in [0.4, 0.5) is 0 Å². The number of aromatic nitrogens is 2. The number of H-pyrrole nitrogens is 1. The van der Waals surface area contributed by atoms with E-state index in [0.29, 0.717) is 10.6 Å². The van der Waals surface area contributed by atoms with Gasteiger partial charge in [-0.1, -0.05) is 38.9 Å². The molecule has 4 heteroatoms. The van der Waals surface area contributed by atoms with Gasteiger partial charge in [0.25, 0.3) is 0 Å². The first-order valence-electron chi connectivity index (χ1n) is 7.44. The lowest BCUT2D eigenvalue weighted by atomic mass is 9.80. The average Bonchev–Trinajstić information content (AvgIpc) is 2.43. The number of hydrogen-bond donors (Lipinski definition) is 1. The van der Waals surface area contributed by atoms with E-state index in [1.54, 1.807) is 0 Å². The number of halogens is 1. The second-order valence-corrected chi connectivity index (χ2v) is 6.76. The lowest BCUT2D eigenvalue weighted by molar-refractivity contribution is 0.302. The highest BCUT2D eigenvalue weighted by Crippen LogP contribution is 2.36. The third-order valence-corrected chi connectivity index (χ3v) is 5.65. The van der Waals surface area contributed by atoms with Crippen molar-refractivity contribution in [2.75, 3.05) is 0 Å². The molecule has 1 heterocycles. The first-order chi connectivity index (χ1) is 9.15. The fourth-order valence-corrected chi connectivity index (χ4v) is 3.78. The van der Waals surface area contributed by atoms with E-state index in [-0.39, 0.29) is 0 Å². The summed E-state index contributed by atoms with van der Waals surface area (Å²) < 4.78 is 1.68. The number of nitrogens with zero attached hydrogens (tertiary/aromatic N) is 1. The SMILES string of the molecule is CCCC1CCC(c2nc(=S)c(Br)c(CC)[nH]2)CC1. The van der Waals surface area contributed by atoms with Gasteiger partial charge < -0.3 is 4.98 Å². The van der Waals surface area contributed by atoms with E-state index in [9.17, 15) is 0 Å². The molecule has 1 N–H and O–H groups in total. The molecule has 1 aromatic rings. The molecule has 0 saturated heterocycles. The molecule has 0 unspecified atom stereocenters. The lowest BCUT2D eigenvalue weighted by Gasteiger charge is -2.28. The summed E-state index contributed by atoms with van der Waals surface area (Å²) >= 11 is 8.88. The first-order valence-corrected chi connectivity index (χ1v) is 8.64. The normalized spacial score (nSPS) is 23.5. The van der Waals surface area contributed by atoms with Crippen LogP contribution in [0.5, 0.6) is 0 Å². The van der Waals surface area contributed by atoms with Crippen LogP contribution in [0, 0.1) is 10.6 Å². The Kier molecular flexibility index (Phi) is 5.58. The molecule has 0 radical (unpaired) electrons. The van der Waals surface area contributed by atoms with E-state index < -0.39 is 0 Å². The van der Waals surface area contributed by atoms with Gasteiger partial charge in [-0.2, -0.15) is 0 Å². The summed E-state index contributed by atoms with van der Waals surface area (Å²) in [4.78, 5) is 8.08. The molecule has 0 bridgehead atoms. The maximum Gasteiger partial charge on any atom is 0.144 e. The van der Waals surface area contributed by atoms with Gasteiger partial charge in [-0.3, -0.25) is 0 Å². The van der Waals surface area contributed by atoms with Gasteiger partial charge in [0.05, 0.1) is 4.47 Å². The van der Waals surface area contributed by atoms with Crippen LogP contribution in [0.2, 0.25) is 0 Å². The minimum absolute atomic E-state index is 0.577. The number of rotatable bonds is 4. The fraction of sp³-hybridized carbons (Fsp3) is 0.733. The molecule has 1 fully saturated rings. The number of aromatic amines is 1. The van der Waals surface area contributed by atoms with Crippen LogP contribution in [-0.2, 0) is 6.42 Å². The fourth-order valence-electron chi connectivity index (χ4n) is 3.09. The van der Waals surface area contributed by atoms with Crippen LogP contribution in [0.15, 0.2) is 4.47 Å². The van der Waals surface area contributed by atoms with Gasteiger partial charge >= 0.3 is 0 Å². The molecule has 1 aliphatic carbocycles. The quantitative estimate of drug-likeness (QED) is 0.727. The Bertz CT molecular complexity index is 476. The Morgan fingerprint density at radius 1 is 1.26 bits per heavy atom. The number of aryl methyl sites for hydroxylation is 1. The molecule has 2 nitrogen and oxygen atoms in total. The molecule has 0 spiro atoms. The minimum atomic E-state index is 0.577. The third kappa shape index (κ3) is 3.66. The van der Waals surface area contributed by atoms with Gasteiger partial charge in [-0.15, -0.1) is 0 Å². The molecule has 0 atom stereocenters. The summed E-state index contributed by atoms with van der Waals surface area (Å²) in [5.74, 6) is 2.62. The highest BCUT2D eigenvalue weighted by molar-refractivity contribution is 9.10. The third-order valence-electron chi connectivity index (χ3n) is 4.24. The summed E-state index contributed by atoms with van der Waals surface area (Å²) in [6, 6.07) is 0. The van der Waals surface area contributed by atoms with Crippen LogP contribution in [0.3, 0.4) is 0 Å². The van der Waals surface area contributed by atoms with E-state index in [4.69, 9.17) is 12.2 Å². The molecule has 1 saturated carbocycles. The monoisotopic (exact) mass is 342 g/mol. The Morgan fingerprint density at radius 3 is 2.53 bits per heavy atom. The minimum Gasteiger partial charge on any atom is -0.346 e. The predicted molar refractivity (Wildman–Crippen MR) is 86.1 cm³/mol. The van der Waals surface area contributed by atoms with E-state index in [1.807, 2.05) is 0 Å². The summed E-state index contributed by atoms with van der Waals surface area (Å²) in [6.45, 7) is 4.43. The molecular weight excluding hydrogens is 320 g/mol. The van der Waals surface area contributed by atoms with Crippen LogP contribution >= 0.6 is 28.1 Å². The van der Waals surface area contributed by atoms with Crippen molar-refractivity contribution in [1.29, 1.82) is 0 Å². The van der Waals surface area contributed by atoms with Gasteiger partial charge in [0.1, 0.15) is 10.5 Å². The van der Waals surface area contributed by atoms with Gasteiger partial charge in [-0.05, 0) is 54.0 Å². The lowest BCUT2D eigenvalue weighted by Crippen LogP contribution is -2.16. The molecule has 0 aromatic carbocycles. The number of nitrogens with one attached hydrogen (secondary N) is 1. The Hall–Kier alpha value is -0.220. The molecule has 19 heavy (non-hydrogen) atoms. The molecule has 0 aliphatic heterocycles. The Morgan fingerprint density at radius 2 is 1.95 bits per heavy atom. The summed E-state index contributed by atoms with van der Waals surface area (Å²) in [7, 11) is 0. The predicted octanol–water partition coefficient (Wildman–Crippen LogP) is 5.54. The van der Waals surface area contributed by atoms with Gasteiger partial charge in [0, 0.05) is 11.6 Å².